The number of aliphatic hydroxyl groups is 1. The van der Waals surface area contributed by atoms with Crippen LogP contribution in [0.2, 0.25) is 0 Å². The van der Waals surface area contributed by atoms with E-state index >= 15 is 0 Å². The van der Waals surface area contributed by atoms with Crippen LogP contribution in [0.1, 0.15) is 39.5 Å². The average molecular weight is 513 g/mol. The van der Waals surface area contributed by atoms with Crippen molar-refractivity contribution in [1.82, 2.24) is 0 Å². The van der Waals surface area contributed by atoms with Crippen LogP contribution < -0.4 is 0 Å². The highest BCUT2D eigenvalue weighted by Crippen LogP contribution is 1.91. The maximum Gasteiger partial charge on any atom is 0.101 e. The second-order valence-corrected chi connectivity index (χ2v) is 7.80. The van der Waals surface area contributed by atoms with Gasteiger partial charge in [-0.2, -0.15) is 0 Å². The first-order chi connectivity index (χ1) is 17.3. The van der Waals surface area contributed by atoms with Crippen LogP contribution in [-0.4, -0.2) is 130 Å². The lowest BCUT2D eigenvalue weighted by Gasteiger charge is -2.12. The molecular weight excluding hydrogens is 460 g/mol. The van der Waals surface area contributed by atoms with Gasteiger partial charge in [-0.3, -0.25) is 0 Å². The molecule has 0 saturated carbocycles. The second kappa shape index (κ2) is 31.6. The number of ether oxygens (including phenoxy) is 9. The fourth-order valence-electron chi connectivity index (χ4n) is 2.52. The van der Waals surface area contributed by atoms with E-state index in [9.17, 15) is 5.11 Å². The van der Waals surface area contributed by atoms with Gasteiger partial charge in [0.15, 0.2) is 0 Å². The van der Waals surface area contributed by atoms with Gasteiger partial charge in [0.25, 0.3) is 0 Å². The van der Waals surface area contributed by atoms with E-state index in [0.717, 1.165) is 38.9 Å². The van der Waals surface area contributed by atoms with E-state index in [1.165, 1.54) is 0 Å². The van der Waals surface area contributed by atoms with Gasteiger partial charge in [0.1, 0.15) is 6.10 Å². The first-order valence-electron chi connectivity index (χ1n) is 13.2. The molecule has 10 nitrogen and oxygen atoms in total. The molecule has 0 aliphatic heterocycles. The van der Waals surface area contributed by atoms with Gasteiger partial charge in [-0.25, -0.2) is 0 Å². The number of hydrogen-bond donors (Lipinski definition) is 1. The van der Waals surface area contributed by atoms with Crippen LogP contribution in [0, 0.1) is 0 Å². The molecular formula is C25H52O10. The van der Waals surface area contributed by atoms with Gasteiger partial charge in [0.05, 0.1) is 106 Å². The number of unbranched alkanes of at least 4 members (excludes halogenated alkanes) is 2. The minimum absolute atomic E-state index is 0.203. The van der Waals surface area contributed by atoms with Crippen LogP contribution in [0.15, 0.2) is 0 Å². The van der Waals surface area contributed by atoms with E-state index in [2.05, 4.69) is 13.8 Å². The van der Waals surface area contributed by atoms with Gasteiger partial charge in [0, 0.05) is 13.2 Å². The quantitative estimate of drug-likeness (QED) is 0.139. The Labute approximate surface area is 212 Å². The Balaban J connectivity index is 3.13. The summed E-state index contributed by atoms with van der Waals surface area (Å²) in [6.07, 6.45) is 3.78. The average Bonchev–Trinajstić information content (AvgIpc) is 2.86. The van der Waals surface area contributed by atoms with E-state index in [4.69, 9.17) is 42.6 Å². The summed E-state index contributed by atoms with van der Waals surface area (Å²) in [5.41, 5.74) is 0. The van der Waals surface area contributed by atoms with E-state index in [1.807, 2.05) is 0 Å². The van der Waals surface area contributed by atoms with Crippen molar-refractivity contribution >= 4 is 0 Å². The summed E-state index contributed by atoms with van der Waals surface area (Å²) < 4.78 is 48.6. The summed E-state index contributed by atoms with van der Waals surface area (Å²) in [4.78, 5) is 0. The Hall–Kier alpha value is -0.400. The SMILES string of the molecule is CCCCOCCOCCOCCOCCOCC(O)COCCOCCOCCOCCCC. The molecule has 0 heterocycles. The first kappa shape index (κ1) is 34.6. The highest BCUT2D eigenvalue weighted by atomic mass is 16.6. The Morgan fingerprint density at radius 3 is 0.857 bits per heavy atom. The molecule has 0 saturated heterocycles. The van der Waals surface area contributed by atoms with Gasteiger partial charge < -0.3 is 47.7 Å². The largest absolute Gasteiger partial charge is 0.388 e. The van der Waals surface area contributed by atoms with Crippen molar-refractivity contribution < 1.29 is 47.7 Å². The maximum atomic E-state index is 9.84. The van der Waals surface area contributed by atoms with Gasteiger partial charge in [-0.1, -0.05) is 26.7 Å². The topological polar surface area (TPSA) is 103 Å². The van der Waals surface area contributed by atoms with Crippen molar-refractivity contribution in [3.05, 3.63) is 0 Å². The molecule has 1 unspecified atom stereocenters. The lowest BCUT2D eigenvalue weighted by Crippen LogP contribution is -2.24. The summed E-state index contributed by atoms with van der Waals surface area (Å²) in [5, 5.41) is 9.84. The zero-order chi connectivity index (χ0) is 25.5. The van der Waals surface area contributed by atoms with Gasteiger partial charge >= 0.3 is 0 Å². The molecule has 0 rings (SSSR count). The molecule has 35 heavy (non-hydrogen) atoms. The molecule has 0 aromatic carbocycles. The van der Waals surface area contributed by atoms with Crippen molar-refractivity contribution in [2.75, 3.05) is 119 Å². The highest BCUT2D eigenvalue weighted by Gasteiger charge is 2.04. The minimum Gasteiger partial charge on any atom is -0.388 e. The third-order valence-electron chi connectivity index (χ3n) is 4.51. The van der Waals surface area contributed by atoms with Gasteiger partial charge in [-0.15, -0.1) is 0 Å². The Kier molecular flexibility index (Phi) is 31.3. The predicted molar refractivity (Wildman–Crippen MR) is 133 cm³/mol. The van der Waals surface area contributed by atoms with Crippen LogP contribution in [0.4, 0.5) is 0 Å². The predicted octanol–water partition coefficient (Wildman–Crippen LogP) is 2.10. The minimum atomic E-state index is -0.675. The molecule has 0 fully saturated rings. The van der Waals surface area contributed by atoms with Crippen molar-refractivity contribution in [2.45, 2.75) is 45.6 Å². The second-order valence-electron chi connectivity index (χ2n) is 7.80. The molecule has 1 atom stereocenters. The van der Waals surface area contributed by atoms with Gasteiger partial charge in [-0.05, 0) is 12.8 Å². The van der Waals surface area contributed by atoms with Crippen molar-refractivity contribution in [3.8, 4) is 0 Å². The normalized spacial score (nSPS) is 12.4. The van der Waals surface area contributed by atoms with Crippen LogP contribution in [0.3, 0.4) is 0 Å². The van der Waals surface area contributed by atoms with E-state index in [1.54, 1.807) is 0 Å². The molecule has 0 aromatic rings. The maximum absolute atomic E-state index is 9.84. The summed E-state index contributed by atoms with van der Waals surface area (Å²) in [7, 11) is 0. The fourth-order valence-corrected chi connectivity index (χ4v) is 2.52. The number of rotatable bonds is 31. The molecule has 0 aliphatic rings. The monoisotopic (exact) mass is 512 g/mol. The van der Waals surface area contributed by atoms with E-state index in [0.29, 0.717) is 92.5 Å². The summed E-state index contributed by atoms with van der Waals surface area (Å²) in [6, 6.07) is 0. The molecule has 1 N–H and O–H groups in total. The van der Waals surface area contributed by atoms with Crippen LogP contribution >= 0.6 is 0 Å². The Bertz CT molecular complexity index is 376. The van der Waals surface area contributed by atoms with Crippen molar-refractivity contribution in [2.24, 2.45) is 0 Å². The zero-order valence-electron chi connectivity index (χ0n) is 22.3. The lowest BCUT2D eigenvalue weighted by atomic mass is 10.4. The molecule has 0 bridgehead atoms. The van der Waals surface area contributed by atoms with E-state index < -0.39 is 6.10 Å². The molecule has 0 aliphatic carbocycles. The van der Waals surface area contributed by atoms with Crippen molar-refractivity contribution in [3.63, 3.8) is 0 Å². The summed E-state index contributed by atoms with van der Waals surface area (Å²) in [6.45, 7) is 13.6. The third-order valence-corrected chi connectivity index (χ3v) is 4.51. The fraction of sp³-hybridized carbons (Fsp3) is 1.00. The van der Waals surface area contributed by atoms with E-state index in [-0.39, 0.29) is 13.2 Å². The first-order valence-corrected chi connectivity index (χ1v) is 13.2. The Morgan fingerprint density at radius 1 is 0.371 bits per heavy atom. The number of aliphatic hydroxyl groups excluding tert-OH is 1. The summed E-state index contributed by atoms with van der Waals surface area (Å²) in [5.74, 6) is 0. The smallest absolute Gasteiger partial charge is 0.101 e. The van der Waals surface area contributed by atoms with Crippen LogP contribution in [-0.2, 0) is 42.6 Å². The van der Waals surface area contributed by atoms with Gasteiger partial charge in [0.2, 0.25) is 0 Å². The number of hydrogen-bond acceptors (Lipinski definition) is 10. The summed E-state index contributed by atoms with van der Waals surface area (Å²) >= 11 is 0. The molecule has 212 valence electrons. The van der Waals surface area contributed by atoms with Crippen molar-refractivity contribution in [1.29, 1.82) is 0 Å². The lowest BCUT2D eigenvalue weighted by molar-refractivity contribution is -0.0491. The standard InChI is InChI=1S/C25H52O10/c1-3-5-7-27-9-11-29-13-14-31-16-18-33-20-22-35-24-25(26)23-34-21-19-32-17-15-30-12-10-28-8-6-4-2/h25-26H,3-24H2,1-2H3. The molecule has 0 radical (unpaired) electrons. The molecule has 0 aromatic heterocycles. The Morgan fingerprint density at radius 2 is 0.600 bits per heavy atom. The third kappa shape index (κ3) is 31.6. The molecule has 10 heteroatoms. The van der Waals surface area contributed by atoms with Crippen LogP contribution in [0.5, 0.6) is 0 Å². The molecule has 0 spiro atoms. The highest BCUT2D eigenvalue weighted by molar-refractivity contribution is 4.51. The zero-order valence-corrected chi connectivity index (χ0v) is 22.3. The van der Waals surface area contributed by atoms with Crippen LogP contribution in [0.25, 0.3) is 0 Å². The molecule has 0 amide bonds.